The summed E-state index contributed by atoms with van der Waals surface area (Å²) >= 11 is 6.93. The zero-order valence-corrected chi connectivity index (χ0v) is 14.6. The van der Waals surface area contributed by atoms with Crippen molar-refractivity contribution in [2.24, 2.45) is 0 Å². The third kappa shape index (κ3) is 9.10. The van der Waals surface area contributed by atoms with Crippen LogP contribution in [0.3, 0.4) is 0 Å². The third-order valence-electron chi connectivity index (χ3n) is 2.49. The van der Waals surface area contributed by atoms with Crippen LogP contribution in [0, 0.1) is 0 Å². The second-order valence-corrected chi connectivity index (χ2v) is 6.47. The molecule has 0 atom stereocenters. The first-order chi connectivity index (χ1) is 10.9. The lowest BCUT2D eigenvalue weighted by Gasteiger charge is -2.09. The normalized spacial score (nSPS) is 10.3. The molecule has 8 heteroatoms. The summed E-state index contributed by atoms with van der Waals surface area (Å²) in [7, 11) is 0. The average Bonchev–Trinajstić information content (AvgIpc) is 2.47. The number of halogens is 1. The SMILES string of the molecule is CC(C)NC(=O)CNC(=O)CSCC(=O)Nc1ccc(Cl)cc1. The molecule has 1 aromatic rings. The molecule has 3 N–H and O–H groups in total. The van der Waals surface area contributed by atoms with Gasteiger partial charge in [-0.25, -0.2) is 0 Å². The minimum atomic E-state index is -0.284. The Balaban J connectivity index is 2.17. The Morgan fingerprint density at radius 1 is 1.04 bits per heavy atom. The van der Waals surface area contributed by atoms with E-state index in [0.717, 1.165) is 0 Å². The third-order valence-corrected chi connectivity index (χ3v) is 3.67. The van der Waals surface area contributed by atoms with E-state index in [1.807, 2.05) is 13.8 Å². The fourth-order valence-corrected chi connectivity index (χ4v) is 2.34. The number of anilines is 1. The Kier molecular flexibility index (Phi) is 8.50. The highest BCUT2D eigenvalue weighted by Crippen LogP contribution is 2.13. The molecule has 6 nitrogen and oxygen atoms in total. The Bertz CT molecular complexity index is 549. The van der Waals surface area contributed by atoms with Crippen molar-refractivity contribution in [1.82, 2.24) is 10.6 Å². The molecule has 0 fully saturated rings. The van der Waals surface area contributed by atoms with Gasteiger partial charge in [0.05, 0.1) is 18.1 Å². The average molecular weight is 358 g/mol. The van der Waals surface area contributed by atoms with Crippen LogP contribution in [0.15, 0.2) is 24.3 Å². The lowest BCUT2D eigenvalue weighted by molar-refractivity contribution is -0.125. The number of carbonyl (C=O) groups is 3. The molecule has 0 aliphatic rings. The van der Waals surface area contributed by atoms with Gasteiger partial charge in [-0.1, -0.05) is 11.6 Å². The van der Waals surface area contributed by atoms with Gasteiger partial charge in [-0.15, -0.1) is 11.8 Å². The predicted octanol–water partition coefficient (Wildman–Crippen LogP) is 1.65. The first-order valence-electron chi connectivity index (χ1n) is 7.06. The maximum atomic E-state index is 11.7. The molecule has 0 spiro atoms. The second-order valence-electron chi connectivity index (χ2n) is 5.05. The van der Waals surface area contributed by atoms with E-state index in [2.05, 4.69) is 16.0 Å². The van der Waals surface area contributed by atoms with Crippen LogP contribution in [0.25, 0.3) is 0 Å². The molecule has 1 rings (SSSR count). The fourth-order valence-electron chi connectivity index (χ4n) is 1.57. The summed E-state index contributed by atoms with van der Waals surface area (Å²) in [6, 6.07) is 6.79. The van der Waals surface area contributed by atoms with Crippen molar-refractivity contribution < 1.29 is 14.4 Å². The molecule has 0 unspecified atom stereocenters. The highest BCUT2D eigenvalue weighted by atomic mass is 35.5. The lowest BCUT2D eigenvalue weighted by Crippen LogP contribution is -2.40. The van der Waals surface area contributed by atoms with E-state index in [4.69, 9.17) is 11.6 Å². The van der Waals surface area contributed by atoms with Crippen LogP contribution in [0.5, 0.6) is 0 Å². The van der Waals surface area contributed by atoms with E-state index >= 15 is 0 Å². The Morgan fingerprint density at radius 2 is 1.65 bits per heavy atom. The molecule has 1 aromatic carbocycles. The van der Waals surface area contributed by atoms with E-state index < -0.39 is 0 Å². The standard InChI is InChI=1S/C15H20ClN3O3S/c1-10(2)18-13(20)7-17-14(21)8-23-9-15(22)19-12-5-3-11(16)4-6-12/h3-6,10H,7-9H2,1-2H3,(H,17,21)(H,18,20)(H,19,22). The Hall–Kier alpha value is -1.73. The van der Waals surface area contributed by atoms with Gasteiger partial charge in [0, 0.05) is 16.8 Å². The predicted molar refractivity (Wildman–Crippen MR) is 93.7 cm³/mol. The van der Waals surface area contributed by atoms with Crippen molar-refractivity contribution in [2.75, 3.05) is 23.4 Å². The molecule has 0 saturated heterocycles. The number of nitrogens with one attached hydrogen (secondary N) is 3. The van der Waals surface area contributed by atoms with Gasteiger partial charge in [0.15, 0.2) is 0 Å². The number of thioether (sulfide) groups is 1. The van der Waals surface area contributed by atoms with Gasteiger partial charge < -0.3 is 16.0 Å². The number of rotatable bonds is 8. The Morgan fingerprint density at radius 3 is 2.26 bits per heavy atom. The molecule has 0 aliphatic heterocycles. The molecule has 0 saturated carbocycles. The number of carbonyl (C=O) groups excluding carboxylic acids is 3. The molecule has 0 heterocycles. The summed E-state index contributed by atoms with van der Waals surface area (Å²) in [4.78, 5) is 34.6. The van der Waals surface area contributed by atoms with Gasteiger partial charge in [0.1, 0.15) is 0 Å². The van der Waals surface area contributed by atoms with Crippen molar-refractivity contribution in [3.8, 4) is 0 Å². The highest BCUT2D eigenvalue weighted by Gasteiger charge is 2.08. The first-order valence-corrected chi connectivity index (χ1v) is 8.59. The zero-order valence-electron chi connectivity index (χ0n) is 13.0. The zero-order chi connectivity index (χ0) is 17.2. The summed E-state index contributed by atoms with van der Waals surface area (Å²) in [5.74, 6) is -0.466. The van der Waals surface area contributed by atoms with Crippen LogP contribution in [-0.4, -0.2) is 41.8 Å². The van der Waals surface area contributed by atoms with E-state index in [1.165, 1.54) is 11.8 Å². The molecule has 23 heavy (non-hydrogen) atoms. The second kappa shape index (κ2) is 10.1. The highest BCUT2D eigenvalue weighted by molar-refractivity contribution is 8.00. The maximum Gasteiger partial charge on any atom is 0.239 e. The van der Waals surface area contributed by atoms with Crippen molar-refractivity contribution in [3.05, 3.63) is 29.3 Å². The van der Waals surface area contributed by atoms with Crippen molar-refractivity contribution >= 4 is 46.8 Å². The molecule has 0 bridgehead atoms. The van der Waals surface area contributed by atoms with E-state index in [9.17, 15) is 14.4 Å². The van der Waals surface area contributed by atoms with Crippen LogP contribution in [-0.2, 0) is 14.4 Å². The lowest BCUT2D eigenvalue weighted by atomic mass is 10.3. The largest absolute Gasteiger partial charge is 0.352 e. The summed E-state index contributed by atoms with van der Waals surface area (Å²) < 4.78 is 0. The number of hydrogen-bond acceptors (Lipinski definition) is 4. The van der Waals surface area contributed by atoms with Crippen molar-refractivity contribution in [3.63, 3.8) is 0 Å². The molecular formula is C15H20ClN3O3S. The molecule has 126 valence electrons. The van der Waals surface area contributed by atoms with Crippen LogP contribution < -0.4 is 16.0 Å². The van der Waals surface area contributed by atoms with Crippen molar-refractivity contribution in [1.29, 1.82) is 0 Å². The molecule has 0 aromatic heterocycles. The van der Waals surface area contributed by atoms with Gasteiger partial charge >= 0.3 is 0 Å². The smallest absolute Gasteiger partial charge is 0.239 e. The summed E-state index contributed by atoms with van der Waals surface area (Å²) in [5, 5.41) is 8.46. The van der Waals surface area contributed by atoms with Crippen LogP contribution in [0.2, 0.25) is 5.02 Å². The van der Waals surface area contributed by atoms with Gasteiger partial charge in [0.2, 0.25) is 17.7 Å². The molecule has 0 radical (unpaired) electrons. The van der Waals surface area contributed by atoms with E-state index in [1.54, 1.807) is 24.3 Å². The number of hydrogen-bond donors (Lipinski definition) is 3. The number of amides is 3. The number of benzene rings is 1. The quantitative estimate of drug-likeness (QED) is 0.660. The van der Waals surface area contributed by atoms with Gasteiger partial charge in [-0.3, -0.25) is 14.4 Å². The summed E-state index contributed by atoms with van der Waals surface area (Å²) in [6.07, 6.45) is 0. The van der Waals surface area contributed by atoms with E-state index in [0.29, 0.717) is 10.7 Å². The van der Waals surface area contributed by atoms with Crippen LogP contribution >= 0.6 is 23.4 Å². The monoisotopic (exact) mass is 357 g/mol. The summed E-state index contributed by atoms with van der Waals surface area (Å²) in [5.41, 5.74) is 0.648. The van der Waals surface area contributed by atoms with Crippen LogP contribution in [0.1, 0.15) is 13.8 Å². The summed E-state index contributed by atoms with van der Waals surface area (Å²) in [6.45, 7) is 3.62. The van der Waals surface area contributed by atoms with Gasteiger partial charge in [-0.2, -0.15) is 0 Å². The molecule has 3 amide bonds. The minimum Gasteiger partial charge on any atom is -0.352 e. The van der Waals surface area contributed by atoms with Crippen LogP contribution in [0.4, 0.5) is 5.69 Å². The Labute approximate surface area is 144 Å². The maximum absolute atomic E-state index is 11.7. The molecule has 0 aliphatic carbocycles. The topological polar surface area (TPSA) is 87.3 Å². The minimum absolute atomic E-state index is 0.0327. The van der Waals surface area contributed by atoms with Crippen molar-refractivity contribution in [2.45, 2.75) is 19.9 Å². The first kappa shape index (κ1) is 19.3. The fraction of sp³-hybridized carbons (Fsp3) is 0.400. The van der Waals surface area contributed by atoms with Gasteiger partial charge in [0.25, 0.3) is 0 Å². The molecular weight excluding hydrogens is 338 g/mol. The van der Waals surface area contributed by atoms with Gasteiger partial charge in [-0.05, 0) is 38.1 Å². The van der Waals surface area contributed by atoms with E-state index in [-0.39, 0.29) is 41.8 Å².